The molecule has 0 atom stereocenters. The van der Waals surface area contributed by atoms with E-state index >= 15 is 0 Å². The number of benzene rings is 1. The average molecular weight is 328 g/mol. The van der Waals surface area contributed by atoms with Gasteiger partial charge in [0.2, 0.25) is 0 Å². The second kappa shape index (κ2) is 6.45. The second-order valence-electron chi connectivity index (χ2n) is 4.65. The van der Waals surface area contributed by atoms with Crippen molar-refractivity contribution in [3.63, 3.8) is 0 Å². The van der Waals surface area contributed by atoms with E-state index in [2.05, 4.69) is 10.3 Å². The molecule has 2 heterocycles. The number of carbonyl (C=O) groups is 2. The summed E-state index contributed by atoms with van der Waals surface area (Å²) in [4.78, 5) is 27.5. The quantitative estimate of drug-likeness (QED) is 0.761. The molecule has 0 aliphatic rings. The van der Waals surface area contributed by atoms with Crippen molar-refractivity contribution in [2.75, 3.05) is 5.32 Å². The number of thiophene rings is 1. The maximum atomic E-state index is 12.0. The van der Waals surface area contributed by atoms with E-state index in [1.165, 1.54) is 0 Å². The molecule has 0 saturated heterocycles. The zero-order valence-corrected chi connectivity index (χ0v) is 12.7. The number of carboxylic acid groups (broad SMARTS) is 1. The standard InChI is InChI=1S/C16H12N2O4S/c19-15(20)14-13(12-11(23-14)7-4-8-17-12)18-16(21)22-9-10-5-2-1-3-6-10/h1-8H,9H2,(H,18,21)(H,19,20). The zero-order chi connectivity index (χ0) is 16.2. The molecule has 0 spiro atoms. The van der Waals surface area contributed by atoms with Crippen LogP contribution in [0.1, 0.15) is 15.2 Å². The Morgan fingerprint density at radius 3 is 2.70 bits per heavy atom. The Morgan fingerprint density at radius 1 is 1.17 bits per heavy atom. The molecular weight excluding hydrogens is 316 g/mol. The summed E-state index contributed by atoms with van der Waals surface area (Å²) in [6.07, 6.45) is 0.822. The molecule has 116 valence electrons. The third-order valence-electron chi connectivity index (χ3n) is 3.08. The van der Waals surface area contributed by atoms with Gasteiger partial charge in [0.1, 0.15) is 17.0 Å². The fourth-order valence-corrected chi connectivity index (χ4v) is 3.01. The van der Waals surface area contributed by atoms with E-state index in [0.29, 0.717) is 10.2 Å². The van der Waals surface area contributed by atoms with Crippen LogP contribution in [-0.4, -0.2) is 22.2 Å². The smallest absolute Gasteiger partial charge is 0.412 e. The number of hydrogen-bond acceptors (Lipinski definition) is 5. The molecule has 2 N–H and O–H groups in total. The lowest BCUT2D eigenvalue weighted by Crippen LogP contribution is -2.15. The molecule has 0 aliphatic heterocycles. The Balaban J connectivity index is 1.79. The van der Waals surface area contributed by atoms with Crippen molar-refractivity contribution in [1.82, 2.24) is 4.98 Å². The molecule has 2 aromatic heterocycles. The van der Waals surface area contributed by atoms with E-state index in [4.69, 9.17) is 4.74 Å². The summed E-state index contributed by atoms with van der Waals surface area (Å²) in [5, 5.41) is 11.8. The average Bonchev–Trinajstić information content (AvgIpc) is 2.93. The Kier molecular flexibility index (Phi) is 4.20. The molecule has 0 fully saturated rings. The lowest BCUT2D eigenvalue weighted by molar-refractivity contribution is 0.0703. The van der Waals surface area contributed by atoms with Crippen molar-refractivity contribution >= 4 is 39.3 Å². The Hall–Kier alpha value is -2.93. The Labute approximate surface area is 135 Å². The SMILES string of the molecule is O=C(Nc1c(C(=O)O)sc2cccnc12)OCc1ccccc1. The van der Waals surface area contributed by atoms with Crippen LogP contribution in [0.2, 0.25) is 0 Å². The molecule has 0 aliphatic carbocycles. The number of hydrogen-bond donors (Lipinski definition) is 2. The fraction of sp³-hybridized carbons (Fsp3) is 0.0625. The monoisotopic (exact) mass is 328 g/mol. The number of nitrogens with one attached hydrogen (secondary N) is 1. The maximum Gasteiger partial charge on any atom is 0.412 e. The van der Waals surface area contributed by atoms with Crippen molar-refractivity contribution in [2.24, 2.45) is 0 Å². The van der Waals surface area contributed by atoms with Gasteiger partial charge < -0.3 is 9.84 Å². The van der Waals surface area contributed by atoms with E-state index in [1.807, 2.05) is 30.3 Å². The molecule has 3 rings (SSSR count). The van der Waals surface area contributed by atoms with Crippen molar-refractivity contribution < 1.29 is 19.4 Å². The van der Waals surface area contributed by atoms with Crippen LogP contribution in [0, 0.1) is 0 Å². The van der Waals surface area contributed by atoms with Crippen LogP contribution < -0.4 is 5.32 Å². The number of anilines is 1. The summed E-state index contributed by atoms with van der Waals surface area (Å²) in [6, 6.07) is 12.7. The topological polar surface area (TPSA) is 88.5 Å². The minimum Gasteiger partial charge on any atom is -0.477 e. The van der Waals surface area contributed by atoms with Gasteiger partial charge in [-0.2, -0.15) is 0 Å². The van der Waals surface area contributed by atoms with Crippen molar-refractivity contribution in [3.8, 4) is 0 Å². The highest BCUT2D eigenvalue weighted by atomic mass is 32.1. The Morgan fingerprint density at radius 2 is 1.96 bits per heavy atom. The van der Waals surface area contributed by atoms with Crippen molar-refractivity contribution in [1.29, 1.82) is 0 Å². The van der Waals surface area contributed by atoms with Gasteiger partial charge in [0.25, 0.3) is 0 Å². The molecule has 6 nitrogen and oxygen atoms in total. The van der Waals surface area contributed by atoms with Crippen molar-refractivity contribution in [3.05, 3.63) is 59.1 Å². The van der Waals surface area contributed by atoms with Crippen molar-refractivity contribution in [2.45, 2.75) is 6.61 Å². The van der Waals surface area contributed by atoms with Crippen LogP contribution in [0.4, 0.5) is 10.5 Å². The van der Waals surface area contributed by atoms with E-state index in [0.717, 1.165) is 16.9 Å². The lowest BCUT2D eigenvalue weighted by atomic mass is 10.2. The van der Waals surface area contributed by atoms with Gasteiger partial charge in [0, 0.05) is 6.20 Å². The predicted molar refractivity (Wildman–Crippen MR) is 86.8 cm³/mol. The van der Waals surface area contributed by atoms with E-state index in [1.54, 1.807) is 18.3 Å². The van der Waals surface area contributed by atoms with Crippen LogP contribution in [0.5, 0.6) is 0 Å². The number of pyridine rings is 1. The largest absolute Gasteiger partial charge is 0.477 e. The number of carboxylic acids is 1. The zero-order valence-electron chi connectivity index (χ0n) is 11.9. The molecule has 0 unspecified atom stereocenters. The highest BCUT2D eigenvalue weighted by Gasteiger charge is 2.20. The number of carbonyl (C=O) groups excluding carboxylic acids is 1. The number of rotatable bonds is 4. The van der Waals surface area contributed by atoms with Gasteiger partial charge in [-0.1, -0.05) is 30.3 Å². The van der Waals surface area contributed by atoms with Crippen LogP contribution in [0.25, 0.3) is 10.2 Å². The molecule has 1 aromatic carbocycles. The number of fused-ring (bicyclic) bond motifs is 1. The number of amides is 1. The van der Waals surface area contributed by atoms with Crippen LogP contribution >= 0.6 is 11.3 Å². The molecule has 0 radical (unpaired) electrons. The normalized spacial score (nSPS) is 10.4. The molecule has 3 aromatic rings. The minimum atomic E-state index is -1.12. The van der Waals surface area contributed by atoms with Gasteiger partial charge in [0.15, 0.2) is 0 Å². The maximum absolute atomic E-state index is 12.0. The summed E-state index contributed by atoms with van der Waals surface area (Å²) < 4.78 is 5.80. The number of aromatic carboxylic acids is 1. The van der Waals surface area contributed by atoms with Crippen LogP contribution in [-0.2, 0) is 11.3 Å². The molecule has 1 amide bonds. The van der Waals surface area contributed by atoms with E-state index < -0.39 is 12.1 Å². The van der Waals surface area contributed by atoms with Gasteiger partial charge in [-0.25, -0.2) is 9.59 Å². The van der Waals surface area contributed by atoms with Gasteiger partial charge in [0.05, 0.1) is 10.4 Å². The van der Waals surface area contributed by atoms with Gasteiger partial charge in [-0.3, -0.25) is 10.3 Å². The third kappa shape index (κ3) is 3.29. The predicted octanol–water partition coefficient (Wildman–Crippen LogP) is 3.74. The van der Waals surface area contributed by atoms with E-state index in [-0.39, 0.29) is 17.2 Å². The van der Waals surface area contributed by atoms with Gasteiger partial charge in [-0.15, -0.1) is 11.3 Å². The number of nitrogens with zero attached hydrogens (tertiary/aromatic N) is 1. The molecule has 7 heteroatoms. The van der Waals surface area contributed by atoms with Crippen LogP contribution in [0.15, 0.2) is 48.7 Å². The number of ether oxygens (including phenoxy) is 1. The second-order valence-corrected chi connectivity index (χ2v) is 5.70. The molecular formula is C16H12N2O4S. The first-order valence-electron chi connectivity index (χ1n) is 6.73. The first kappa shape index (κ1) is 15.0. The van der Waals surface area contributed by atoms with Gasteiger partial charge in [-0.05, 0) is 17.7 Å². The Bertz CT molecular complexity index is 861. The fourth-order valence-electron chi connectivity index (χ4n) is 2.06. The summed E-state index contributed by atoms with van der Waals surface area (Å²) in [5.41, 5.74) is 1.44. The summed E-state index contributed by atoms with van der Waals surface area (Å²) in [5.74, 6) is -1.12. The lowest BCUT2D eigenvalue weighted by Gasteiger charge is -2.07. The number of aromatic nitrogens is 1. The first-order chi connectivity index (χ1) is 11.1. The molecule has 0 saturated carbocycles. The highest BCUT2D eigenvalue weighted by Crippen LogP contribution is 2.34. The first-order valence-corrected chi connectivity index (χ1v) is 7.55. The van der Waals surface area contributed by atoms with E-state index in [9.17, 15) is 14.7 Å². The molecule has 23 heavy (non-hydrogen) atoms. The molecule has 0 bridgehead atoms. The minimum absolute atomic E-state index is 0.0235. The van der Waals surface area contributed by atoms with Gasteiger partial charge >= 0.3 is 12.1 Å². The van der Waals surface area contributed by atoms with Crippen LogP contribution in [0.3, 0.4) is 0 Å². The third-order valence-corrected chi connectivity index (χ3v) is 4.21. The summed E-state index contributed by atoms with van der Waals surface area (Å²) >= 11 is 1.06. The summed E-state index contributed by atoms with van der Waals surface area (Å²) in [6.45, 7) is 0.102. The summed E-state index contributed by atoms with van der Waals surface area (Å²) in [7, 11) is 0. The highest BCUT2D eigenvalue weighted by molar-refractivity contribution is 7.21.